The summed E-state index contributed by atoms with van der Waals surface area (Å²) in [5.74, 6) is -0.0622. The van der Waals surface area contributed by atoms with Gasteiger partial charge in [0.05, 0.1) is 28.8 Å². The van der Waals surface area contributed by atoms with Gasteiger partial charge in [-0.05, 0) is 30.7 Å². The summed E-state index contributed by atoms with van der Waals surface area (Å²) in [6.07, 6.45) is 0.836. The van der Waals surface area contributed by atoms with Crippen LogP contribution in [0, 0.1) is 0 Å². The van der Waals surface area contributed by atoms with E-state index in [0.29, 0.717) is 21.7 Å². The molecule has 0 fully saturated rings. The average molecular weight is 343 g/mol. The fourth-order valence-electron chi connectivity index (χ4n) is 3.15. The average Bonchev–Trinajstić information content (AvgIpc) is 3.03. The third-order valence-corrected chi connectivity index (χ3v) is 4.71. The van der Waals surface area contributed by atoms with E-state index < -0.39 is 6.10 Å². The van der Waals surface area contributed by atoms with Crippen molar-refractivity contribution in [1.82, 2.24) is 19.9 Å². The Morgan fingerprint density at radius 2 is 2.21 bits per heavy atom. The third kappa shape index (κ3) is 2.26. The lowest BCUT2D eigenvalue weighted by molar-refractivity contribution is 0.0432. The number of imidazole rings is 1. The number of β-amino-alcohol motifs (C(OH)–C–C–N with tert-alkyl or cyclic N) is 1. The monoisotopic (exact) mass is 342 g/mol. The van der Waals surface area contributed by atoms with Crippen molar-refractivity contribution in [2.45, 2.75) is 19.1 Å². The lowest BCUT2D eigenvalue weighted by Crippen LogP contribution is -2.41. The number of aliphatic hydroxyl groups is 1. The first kappa shape index (κ1) is 15.1. The summed E-state index contributed by atoms with van der Waals surface area (Å²) in [7, 11) is 0. The standard InChI is InChI=1S/C17H15ClN4O2/c1-9-10-4-3-7-19-14(10)13(23)8-22(9)17(24)16-20-12-6-2-5-11(18)15(12)21-16/h2-7,9,13,23H,8H2,1H3,(H,20,21)/t9-,13-/m0/s1. The van der Waals surface area contributed by atoms with Crippen LogP contribution in [0.15, 0.2) is 36.5 Å². The molecule has 0 saturated heterocycles. The van der Waals surface area contributed by atoms with Gasteiger partial charge in [0.15, 0.2) is 5.82 Å². The number of fused-ring (bicyclic) bond motifs is 2. The minimum atomic E-state index is -0.811. The van der Waals surface area contributed by atoms with Gasteiger partial charge in [0, 0.05) is 6.20 Å². The van der Waals surface area contributed by atoms with Crippen molar-refractivity contribution in [2.75, 3.05) is 6.54 Å². The highest BCUT2D eigenvalue weighted by Crippen LogP contribution is 2.34. The van der Waals surface area contributed by atoms with Gasteiger partial charge >= 0.3 is 0 Å². The summed E-state index contributed by atoms with van der Waals surface area (Å²) in [5.41, 5.74) is 2.74. The minimum Gasteiger partial charge on any atom is -0.385 e. The van der Waals surface area contributed by atoms with Crippen LogP contribution in [0.5, 0.6) is 0 Å². The van der Waals surface area contributed by atoms with Crippen LogP contribution in [0.4, 0.5) is 0 Å². The van der Waals surface area contributed by atoms with E-state index in [1.54, 1.807) is 29.3 Å². The van der Waals surface area contributed by atoms with Crippen molar-refractivity contribution in [1.29, 1.82) is 0 Å². The second-order valence-corrected chi connectivity index (χ2v) is 6.26. The molecular formula is C17H15ClN4O2. The first-order chi connectivity index (χ1) is 11.6. The summed E-state index contributed by atoms with van der Waals surface area (Å²) in [4.78, 5) is 26.1. The molecule has 2 aromatic heterocycles. The molecule has 1 aliphatic heterocycles. The number of para-hydroxylation sites is 1. The van der Waals surface area contributed by atoms with Crippen LogP contribution < -0.4 is 0 Å². The molecule has 24 heavy (non-hydrogen) atoms. The Morgan fingerprint density at radius 3 is 3.00 bits per heavy atom. The predicted molar refractivity (Wildman–Crippen MR) is 89.8 cm³/mol. The Bertz CT molecular complexity index is 939. The van der Waals surface area contributed by atoms with E-state index in [4.69, 9.17) is 11.6 Å². The zero-order valence-corrected chi connectivity index (χ0v) is 13.7. The Balaban J connectivity index is 1.73. The SMILES string of the molecule is C[C@H]1c2cccnc2[C@@H](O)CN1C(=O)c1nc2c(Cl)cccc2[nH]1. The second-order valence-electron chi connectivity index (χ2n) is 5.85. The molecular weight excluding hydrogens is 328 g/mol. The zero-order valence-electron chi connectivity index (χ0n) is 12.9. The largest absolute Gasteiger partial charge is 0.385 e. The minimum absolute atomic E-state index is 0.175. The molecule has 122 valence electrons. The summed E-state index contributed by atoms with van der Waals surface area (Å²) in [5, 5.41) is 10.8. The highest BCUT2D eigenvalue weighted by molar-refractivity contribution is 6.35. The van der Waals surface area contributed by atoms with Crippen molar-refractivity contribution in [3.63, 3.8) is 0 Å². The van der Waals surface area contributed by atoms with Crippen molar-refractivity contribution < 1.29 is 9.90 Å². The number of hydrogen-bond donors (Lipinski definition) is 2. The number of aromatic amines is 1. The first-order valence-electron chi connectivity index (χ1n) is 7.64. The topological polar surface area (TPSA) is 82.1 Å². The van der Waals surface area contributed by atoms with Gasteiger partial charge in [0.1, 0.15) is 11.6 Å². The maximum atomic E-state index is 12.9. The molecule has 4 rings (SSSR count). The van der Waals surface area contributed by atoms with Crippen LogP contribution >= 0.6 is 11.6 Å². The maximum absolute atomic E-state index is 12.9. The van der Waals surface area contributed by atoms with Crippen molar-refractivity contribution in [3.8, 4) is 0 Å². The summed E-state index contributed by atoms with van der Waals surface area (Å²) in [6, 6.07) is 8.83. The van der Waals surface area contributed by atoms with Crippen LogP contribution in [0.25, 0.3) is 11.0 Å². The number of pyridine rings is 1. The molecule has 7 heteroatoms. The predicted octanol–water partition coefficient (Wildman–Crippen LogP) is 2.86. The Morgan fingerprint density at radius 1 is 1.38 bits per heavy atom. The normalized spacial score (nSPS) is 20.2. The fraction of sp³-hybridized carbons (Fsp3) is 0.235. The van der Waals surface area contributed by atoms with E-state index in [0.717, 1.165) is 5.56 Å². The molecule has 0 aliphatic carbocycles. The number of benzene rings is 1. The Kier molecular flexibility index (Phi) is 3.51. The number of rotatable bonds is 1. The number of H-pyrrole nitrogens is 1. The highest BCUT2D eigenvalue weighted by Gasteiger charge is 2.34. The number of aromatic nitrogens is 3. The highest BCUT2D eigenvalue weighted by atomic mass is 35.5. The van der Waals surface area contributed by atoms with E-state index in [1.165, 1.54) is 0 Å². The van der Waals surface area contributed by atoms with Gasteiger partial charge in [0.25, 0.3) is 5.91 Å². The van der Waals surface area contributed by atoms with Crippen LogP contribution in [0.1, 0.15) is 40.9 Å². The third-order valence-electron chi connectivity index (χ3n) is 4.40. The number of carbonyl (C=O) groups excluding carboxylic acids is 1. The molecule has 0 spiro atoms. The van der Waals surface area contributed by atoms with E-state index >= 15 is 0 Å². The molecule has 1 aromatic carbocycles. The summed E-state index contributed by atoms with van der Waals surface area (Å²) < 4.78 is 0. The number of halogens is 1. The molecule has 2 N–H and O–H groups in total. The summed E-state index contributed by atoms with van der Waals surface area (Å²) >= 11 is 6.12. The van der Waals surface area contributed by atoms with Gasteiger partial charge in [-0.2, -0.15) is 0 Å². The van der Waals surface area contributed by atoms with Gasteiger partial charge in [-0.15, -0.1) is 0 Å². The molecule has 1 aliphatic rings. The molecule has 0 saturated carbocycles. The lowest BCUT2D eigenvalue weighted by atomic mass is 9.96. The van der Waals surface area contributed by atoms with Crippen LogP contribution in [0.2, 0.25) is 5.02 Å². The number of aliphatic hydroxyl groups excluding tert-OH is 1. The van der Waals surface area contributed by atoms with Gasteiger partial charge in [-0.3, -0.25) is 9.78 Å². The molecule has 1 amide bonds. The van der Waals surface area contributed by atoms with Crippen LogP contribution in [-0.2, 0) is 0 Å². The maximum Gasteiger partial charge on any atom is 0.290 e. The van der Waals surface area contributed by atoms with E-state index in [2.05, 4.69) is 15.0 Å². The molecule has 2 atom stereocenters. The van der Waals surface area contributed by atoms with Gasteiger partial charge < -0.3 is 15.0 Å². The number of amides is 1. The quantitative estimate of drug-likeness (QED) is 0.712. The van der Waals surface area contributed by atoms with Crippen LogP contribution in [-0.4, -0.2) is 37.4 Å². The molecule has 3 aromatic rings. The van der Waals surface area contributed by atoms with Gasteiger partial charge in [0.2, 0.25) is 0 Å². The smallest absolute Gasteiger partial charge is 0.290 e. The second kappa shape index (κ2) is 5.58. The summed E-state index contributed by atoms with van der Waals surface area (Å²) in [6.45, 7) is 2.09. The molecule has 0 bridgehead atoms. The van der Waals surface area contributed by atoms with Gasteiger partial charge in [-0.1, -0.05) is 23.7 Å². The van der Waals surface area contributed by atoms with E-state index in [-0.39, 0.29) is 24.3 Å². The number of nitrogens with one attached hydrogen (secondary N) is 1. The van der Waals surface area contributed by atoms with Crippen molar-refractivity contribution in [3.05, 3.63) is 58.6 Å². The number of hydrogen-bond acceptors (Lipinski definition) is 4. The first-order valence-corrected chi connectivity index (χ1v) is 8.02. The molecule has 0 radical (unpaired) electrons. The Hall–Kier alpha value is -2.44. The zero-order chi connectivity index (χ0) is 16.8. The van der Waals surface area contributed by atoms with Gasteiger partial charge in [-0.25, -0.2) is 4.98 Å². The number of carbonyl (C=O) groups is 1. The molecule has 6 nitrogen and oxygen atoms in total. The fourth-order valence-corrected chi connectivity index (χ4v) is 3.37. The number of nitrogens with zero attached hydrogens (tertiary/aromatic N) is 3. The van der Waals surface area contributed by atoms with Crippen molar-refractivity contribution >= 4 is 28.5 Å². The van der Waals surface area contributed by atoms with E-state index in [9.17, 15) is 9.90 Å². The Labute approximate surface area is 143 Å². The molecule has 0 unspecified atom stereocenters. The van der Waals surface area contributed by atoms with Crippen LogP contribution in [0.3, 0.4) is 0 Å². The lowest BCUT2D eigenvalue weighted by Gasteiger charge is -2.36. The van der Waals surface area contributed by atoms with E-state index in [1.807, 2.05) is 19.1 Å². The van der Waals surface area contributed by atoms with Crippen molar-refractivity contribution in [2.24, 2.45) is 0 Å². The molecule has 3 heterocycles.